The molecular weight excluding hydrogens is 789 g/mol. The number of hydrogen-bond acceptors (Lipinski definition) is 4. The van der Waals surface area contributed by atoms with Gasteiger partial charge >= 0.3 is 0 Å². The lowest BCUT2D eigenvalue weighted by Crippen LogP contribution is -2.27. The molecule has 314 valence electrons. The van der Waals surface area contributed by atoms with Crippen LogP contribution in [0.4, 0.5) is 22.7 Å². The topological polar surface area (TPSA) is 6.48 Å². The molecule has 62 heavy (non-hydrogen) atoms. The molecule has 2 aliphatic rings. The zero-order valence-electron chi connectivity index (χ0n) is 36.9. The second kappa shape index (κ2) is 19.5. The van der Waals surface area contributed by atoms with Crippen LogP contribution >= 0.6 is 23.5 Å². The first kappa shape index (κ1) is 42.2. The average molecular weight is 849 g/mol. The van der Waals surface area contributed by atoms with Gasteiger partial charge in [-0.05, 0) is 117 Å². The molecule has 4 heteroatoms. The summed E-state index contributed by atoms with van der Waals surface area (Å²) in [6, 6.07) is 50.0. The summed E-state index contributed by atoms with van der Waals surface area (Å²) in [6.07, 6.45) is 19.4. The summed E-state index contributed by atoms with van der Waals surface area (Å²) in [6.45, 7) is 11.4. The van der Waals surface area contributed by atoms with Gasteiger partial charge in [0.2, 0.25) is 0 Å². The number of para-hydroxylation sites is 2. The van der Waals surface area contributed by atoms with Crippen molar-refractivity contribution in [1.82, 2.24) is 0 Å². The Balaban J connectivity index is 1.04. The normalized spacial score (nSPS) is 14.3. The van der Waals surface area contributed by atoms with Gasteiger partial charge in [0.05, 0.1) is 22.7 Å². The lowest BCUT2D eigenvalue weighted by atomic mass is 9.90. The Hall–Kier alpha value is -5.16. The van der Waals surface area contributed by atoms with Crippen molar-refractivity contribution in [2.45, 2.75) is 98.6 Å². The van der Waals surface area contributed by atoms with E-state index in [1.807, 2.05) is 23.5 Å². The van der Waals surface area contributed by atoms with Crippen LogP contribution < -0.4 is 9.80 Å². The zero-order valence-corrected chi connectivity index (χ0v) is 38.6. The predicted octanol–water partition coefficient (Wildman–Crippen LogP) is 18.0. The summed E-state index contributed by atoms with van der Waals surface area (Å²) >= 11 is 3.82. The molecule has 2 unspecified atom stereocenters. The molecule has 0 amide bonds. The molecule has 2 nitrogen and oxygen atoms in total. The molecule has 0 fully saturated rings. The Bertz CT molecular complexity index is 2500. The fraction of sp³-hybridized carbons (Fsp3) is 0.276. The molecule has 0 saturated carbocycles. The highest BCUT2D eigenvalue weighted by molar-refractivity contribution is 8.00. The van der Waals surface area contributed by atoms with E-state index in [4.69, 9.17) is 0 Å². The Morgan fingerprint density at radius 3 is 1.18 bits per heavy atom. The number of unbranched alkanes of at least 4 members (excludes halogenated alkanes) is 2. The third-order valence-electron chi connectivity index (χ3n) is 13.2. The number of hydrogen-bond donors (Lipinski definition) is 0. The molecule has 0 aliphatic carbocycles. The molecule has 0 saturated heterocycles. The van der Waals surface area contributed by atoms with Crippen molar-refractivity contribution >= 4 is 92.1 Å². The Morgan fingerprint density at radius 1 is 0.419 bits per heavy atom. The number of nitrogens with zero attached hydrogens (tertiary/aromatic N) is 2. The third-order valence-corrected chi connectivity index (χ3v) is 15.4. The monoisotopic (exact) mass is 848 g/mol. The van der Waals surface area contributed by atoms with Gasteiger partial charge in [-0.15, -0.1) is 0 Å². The van der Waals surface area contributed by atoms with Crippen LogP contribution in [0.1, 0.15) is 101 Å². The molecular formula is C58H60N2S2. The molecule has 7 aromatic carbocycles. The van der Waals surface area contributed by atoms with Gasteiger partial charge in [-0.2, -0.15) is 0 Å². The van der Waals surface area contributed by atoms with E-state index in [1.165, 1.54) is 137 Å². The highest BCUT2D eigenvalue weighted by Crippen LogP contribution is 2.50. The minimum atomic E-state index is 0.678. The fourth-order valence-corrected chi connectivity index (χ4v) is 11.9. The summed E-state index contributed by atoms with van der Waals surface area (Å²) in [7, 11) is 0. The number of benzene rings is 7. The molecule has 2 aliphatic heterocycles. The van der Waals surface area contributed by atoms with Gasteiger partial charge in [-0.1, -0.05) is 199 Å². The molecule has 0 radical (unpaired) electrons. The van der Waals surface area contributed by atoms with E-state index in [2.05, 4.69) is 195 Å². The van der Waals surface area contributed by atoms with Gasteiger partial charge in [-0.25, -0.2) is 0 Å². The van der Waals surface area contributed by atoms with Gasteiger partial charge < -0.3 is 9.80 Å². The van der Waals surface area contributed by atoms with Crippen molar-refractivity contribution in [3.05, 3.63) is 156 Å². The van der Waals surface area contributed by atoms with Gasteiger partial charge in [0, 0.05) is 32.7 Å². The summed E-state index contributed by atoms with van der Waals surface area (Å²) in [4.78, 5) is 10.6. The molecule has 0 spiro atoms. The first-order valence-electron chi connectivity index (χ1n) is 23.2. The Morgan fingerprint density at radius 2 is 0.790 bits per heavy atom. The fourth-order valence-electron chi connectivity index (χ4n) is 9.57. The minimum Gasteiger partial charge on any atom is -0.339 e. The molecule has 2 heterocycles. The SMILES string of the molecule is CCCCC(CC)CN1c2ccccc2Sc2cc(/C=C/c3c4ccccc4c(/C=C/c4ccc5c(c4)Sc4ccccc4N5CC(CC)CCCC)c4ccccc34)ccc21. The number of rotatable bonds is 16. The largest absolute Gasteiger partial charge is 0.339 e. The van der Waals surface area contributed by atoms with Crippen LogP contribution in [0, 0.1) is 11.8 Å². The van der Waals surface area contributed by atoms with Crippen LogP contribution in [0.15, 0.2) is 153 Å². The van der Waals surface area contributed by atoms with Crippen LogP contribution in [-0.2, 0) is 0 Å². The van der Waals surface area contributed by atoms with Crippen LogP contribution in [0.2, 0.25) is 0 Å². The van der Waals surface area contributed by atoms with Crippen molar-refractivity contribution in [1.29, 1.82) is 0 Å². The summed E-state index contributed by atoms with van der Waals surface area (Å²) in [5.74, 6) is 1.36. The number of fused-ring (bicyclic) bond motifs is 6. The molecule has 9 rings (SSSR count). The molecule has 2 atom stereocenters. The summed E-state index contributed by atoms with van der Waals surface area (Å²) < 4.78 is 0. The molecule has 0 bridgehead atoms. The average Bonchev–Trinajstić information content (AvgIpc) is 3.31. The minimum absolute atomic E-state index is 0.678. The molecule has 0 aromatic heterocycles. The van der Waals surface area contributed by atoms with Crippen molar-refractivity contribution < 1.29 is 0 Å². The second-order valence-electron chi connectivity index (χ2n) is 17.2. The summed E-state index contributed by atoms with van der Waals surface area (Å²) in [5.41, 5.74) is 10.3. The lowest BCUT2D eigenvalue weighted by molar-refractivity contribution is 0.457. The molecule has 0 N–H and O–H groups in total. The standard InChI is InChI=1S/C58H60N2S2/c1-5-9-19-41(7-3)39-59-51-25-15-17-27-55(51)61-57-37-43(31-35-53(57)59)29-33-49-45-21-11-13-23-47(45)50(48-24-14-12-22-46(48)49)34-30-44-32-36-54-58(38-44)62-56-28-18-16-26-52(56)60(54)40-42(8-4)20-10-6-2/h11-18,21-38,41-42H,5-10,19-20,39-40H2,1-4H3/b33-29+,34-30+. The van der Waals surface area contributed by atoms with Gasteiger partial charge in [-0.3, -0.25) is 0 Å². The first-order valence-corrected chi connectivity index (χ1v) is 24.9. The third kappa shape index (κ3) is 8.74. The van der Waals surface area contributed by atoms with Crippen LogP contribution in [-0.4, -0.2) is 13.1 Å². The highest BCUT2D eigenvalue weighted by Gasteiger charge is 2.27. The number of anilines is 4. The molecule has 7 aromatic rings. The van der Waals surface area contributed by atoms with E-state index < -0.39 is 0 Å². The van der Waals surface area contributed by atoms with E-state index >= 15 is 0 Å². The first-order chi connectivity index (χ1) is 30.6. The maximum atomic E-state index is 2.60. The van der Waals surface area contributed by atoms with E-state index in [0.29, 0.717) is 11.8 Å². The van der Waals surface area contributed by atoms with E-state index in [1.54, 1.807) is 0 Å². The van der Waals surface area contributed by atoms with Crippen LogP contribution in [0.25, 0.3) is 45.8 Å². The van der Waals surface area contributed by atoms with Gasteiger partial charge in [0.15, 0.2) is 0 Å². The lowest BCUT2D eigenvalue weighted by Gasteiger charge is -2.35. The summed E-state index contributed by atoms with van der Waals surface area (Å²) in [5, 5.41) is 5.09. The maximum absolute atomic E-state index is 2.60. The van der Waals surface area contributed by atoms with Crippen molar-refractivity contribution in [3.63, 3.8) is 0 Å². The van der Waals surface area contributed by atoms with Crippen LogP contribution in [0.5, 0.6) is 0 Å². The van der Waals surface area contributed by atoms with Crippen LogP contribution in [0.3, 0.4) is 0 Å². The van der Waals surface area contributed by atoms with Gasteiger partial charge in [0.1, 0.15) is 0 Å². The van der Waals surface area contributed by atoms with E-state index in [0.717, 1.165) is 13.1 Å². The smallest absolute Gasteiger partial charge is 0.0553 e. The van der Waals surface area contributed by atoms with Gasteiger partial charge in [0.25, 0.3) is 0 Å². The van der Waals surface area contributed by atoms with E-state index in [-0.39, 0.29) is 0 Å². The Kier molecular flexibility index (Phi) is 13.2. The Labute approximate surface area is 379 Å². The second-order valence-corrected chi connectivity index (χ2v) is 19.4. The van der Waals surface area contributed by atoms with Crippen molar-refractivity contribution in [2.24, 2.45) is 11.8 Å². The predicted molar refractivity (Wildman–Crippen MR) is 274 cm³/mol. The van der Waals surface area contributed by atoms with Crippen molar-refractivity contribution in [2.75, 3.05) is 22.9 Å². The van der Waals surface area contributed by atoms with E-state index in [9.17, 15) is 0 Å². The maximum Gasteiger partial charge on any atom is 0.0553 e. The zero-order chi connectivity index (χ0) is 42.4. The quantitative estimate of drug-likeness (QED) is 0.0706. The van der Waals surface area contributed by atoms with Crippen molar-refractivity contribution in [3.8, 4) is 0 Å². The highest BCUT2D eigenvalue weighted by atomic mass is 32.2.